The van der Waals surface area contributed by atoms with E-state index in [2.05, 4.69) is 122 Å². The molecule has 0 saturated carbocycles. The molecule has 140 valence electrons. The first-order valence-corrected chi connectivity index (χ1v) is 10.1. The summed E-state index contributed by atoms with van der Waals surface area (Å²) >= 11 is 0. The molecule has 1 aromatic heterocycles. The molecule has 0 N–H and O–H groups in total. The lowest BCUT2D eigenvalue weighted by atomic mass is 9.98. The maximum absolute atomic E-state index is 2.38. The average Bonchev–Trinajstić information content (AvgIpc) is 3.11. The van der Waals surface area contributed by atoms with Gasteiger partial charge < -0.3 is 4.57 Å². The topological polar surface area (TPSA) is 4.93 Å². The molecule has 0 aliphatic rings. The predicted octanol–water partition coefficient (Wildman–Crippen LogP) is 7.79. The first-order chi connectivity index (χ1) is 14.3. The number of hydrogen-bond acceptors (Lipinski definition) is 0. The van der Waals surface area contributed by atoms with E-state index >= 15 is 0 Å². The number of aryl methyl sites for hydroxylation is 1. The maximum atomic E-state index is 2.38. The number of hydrogen-bond donors (Lipinski definition) is 0. The van der Waals surface area contributed by atoms with E-state index in [1.165, 1.54) is 49.7 Å². The van der Waals surface area contributed by atoms with Crippen molar-refractivity contribution >= 4 is 27.9 Å². The zero-order valence-electron chi connectivity index (χ0n) is 16.8. The molecule has 1 heterocycles. The lowest BCUT2D eigenvalue weighted by molar-refractivity contribution is 1.18. The van der Waals surface area contributed by atoms with Crippen LogP contribution >= 0.6 is 0 Å². The summed E-state index contributed by atoms with van der Waals surface area (Å²) in [6, 6.07) is 32.6. The van der Waals surface area contributed by atoms with Gasteiger partial charge >= 0.3 is 0 Å². The van der Waals surface area contributed by atoms with Gasteiger partial charge in [0.25, 0.3) is 0 Å². The fraction of sp³-hybridized carbons (Fsp3) is 0.0714. The van der Waals surface area contributed by atoms with Crippen LogP contribution in [-0.2, 0) is 0 Å². The number of allylic oxidation sites excluding steroid dienone is 1. The van der Waals surface area contributed by atoms with Crippen molar-refractivity contribution < 1.29 is 0 Å². The van der Waals surface area contributed by atoms with E-state index in [-0.39, 0.29) is 0 Å². The van der Waals surface area contributed by atoms with Crippen LogP contribution in [0.5, 0.6) is 0 Å². The Morgan fingerprint density at radius 3 is 2.10 bits per heavy atom. The van der Waals surface area contributed by atoms with Crippen molar-refractivity contribution in [2.24, 2.45) is 0 Å². The Labute approximate surface area is 171 Å². The first kappa shape index (κ1) is 17.5. The van der Waals surface area contributed by atoms with Gasteiger partial charge in [-0.05, 0) is 66.4 Å². The Morgan fingerprint density at radius 2 is 1.38 bits per heavy atom. The second-order valence-corrected chi connectivity index (χ2v) is 7.46. The lowest BCUT2D eigenvalue weighted by Crippen LogP contribution is -1.93. The normalized spacial score (nSPS) is 11.7. The third-order valence-corrected chi connectivity index (χ3v) is 5.64. The van der Waals surface area contributed by atoms with Gasteiger partial charge in [-0.15, -0.1) is 0 Å². The van der Waals surface area contributed by atoms with Crippen LogP contribution in [0.2, 0.25) is 0 Å². The van der Waals surface area contributed by atoms with Crippen molar-refractivity contribution in [1.29, 1.82) is 0 Å². The van der Waals surface area contributed by atoms with Gasteiger partial charge in [-0.2, -0.15) is 0 Å². The summed E-state index contributed by atoms with van der Waals surface area (Å²) in [5.41, 5.74) is 8.77. The Balaban J connectivity index is 1.93. The number of fused-ring (bicyclic) bond motifs is 3. The van der Waals surface area contributed by atoms with Crippen molar-refractivity contribution in [3.8, 4) is 16.8 Å². The maximum Gasteiger partial charge on any atom is 0.0547 e. The fourth-order valence-corrected chi connectivity index (χ4v) is 4.29. The highest BCUT2D eigenvalue weighted by molar-refractivity contribution is 6.14. The van der Waals surface area contributed by atoms with E-state index in [0.717, 1.165) is 0 Å². The zero-order chi connectivity index (χ0) is 19.8. The van der Waals surface area contributed by atoms with Crippen LogP contribution < -0.4 is 0 Å². The minimum atomic E-state index is 1.19. The van der Waals surface area contributed by atoms with Crippen LogP contribution in [0.15, 0.2) is 97.1 Å². The van der Waals surface area contributed by atoms with E-state index in [0.29, 0.717) is 0 Å². The molecular formula is C28H23N. The first-order valence-electron chi connectivity index (χ1n) is 10.1. The van der Waals surface area contributed by atoms with Crippen molar-refractivity contribution in [3.63, 3.8) is 0 Å². The largest absolute Gasteiger partial charge is 0.309 e. The van der Waals surface area contributed by atoms with Crippen LogP contribution in [-0.4, -0.2) is 4.57 Å². The van der Waals surface area contributed by atoms with Gasteiger partial charge in [-0.25, -0.2) is 0 Å². The summed E-state index contributed by atoms with van der Waals surface area (Å²) in [6.45, 7) is 4.28. The Bertz CT molecular complexity index is 1340. The van der Waals surface area contributed by atoms with Gasteiger partial charge in [0, 0.05) is 16.5 Å². The summed E-state index contributed by atoms with van der Waals surface area (Å²) in [4.78, 5) is 0. The number of nitrogens with zero attached hydrogens (tertiary/aromatic N) is 1. The van der Waals surface area contributed by atoms with E-state index in [4.69, 9.17) is 0 Å². The summed E-state index contributed by atoms with van der Waals surface area (Å²) < 4.78 is 2.38. The third-order valence-electron chi connectivity index (χ3n) is 5.64. The molecule has 0 spiro atoms. The number of benzene rings is 4. The molecule has 0 aliphatic heterocycles. The molecular weight excluding hydrogens is 350 g/mol. The Hall–Kier alpha value is -3.58. The molecule has 1 nitrogen and oxygen atoms in total. The standard InChI is InChI=1S/C28H23N/c1-3-10-24-20(2)15-17-27-28(24)25-19-22(21-11-6-4-7-12-21)16-18-26(25)29(27)23-13-8-5-9-14-23/h3-19H,1-2H3/b10-3-. The molecule has 0 fully saturated rings. The highest BCUT2D eigenvalue weighted by Gasteiger charge is 2.16. The number of para-hydroxylation sites is 1. The van der Waals surface area contributed by atoms with E-state index in [1.807, 2.05) is 0 Å². The molecule has 1 heteroatoms. The van der Waals surface area contributed by atoms with Crippen LogP contribution in [0.4, 0.5) is 0 Å². The minimum Gasteiger partial charge on any atom is -0.309 e. The summed E-state index contributed by atoms with van der Waals surface area (Å²) in [5.74, 6) is 0. The van der Waals surface area contributed by atoms with Crippen molar-refractivity contribution in [2.75, 3.05) is 0 Å². The highest BCUT2D eigenvalue weighted by Crippen LogP contribution is 2.38. The molecule has 0 bridgehead atoms. The second-order valence-electron chi connectivity index (χ2n) is 7.46. The van der Waals surface area contributed by atoms with Crippen LogP contribution in [0.1, 0.15) is 18.1 Å². The molecule has 0 saturated heterocycles. The number of aromatic nitrogens is 1. The molecule has 29 heavy (non-hydrogen) atoms. The molecule has 0 aliphatic carbocycles. The van der Waals surface area contributed by atoms with E-state index in [1.54, 1.807) is 0 Å². The van der Waals surface area contributed by atoms with Gasteiger partial charge in [0.05, 0.1) is 11.0 Å². The van der Waals surface area contributed by atoms with E-state index < -0.39 is 0 Å². The highest BCUT2D eigenvalue weighted by atomic mass is 15.0. The fourth-order valence-electron chi connectivity index (χ4n) is 4.29. The molecule has 5 aromatic rings. The Morgan fingerprint density at radius 1 is 0.690 bits per heavy atom. The predicted molar refractivity (Wildman–Crippen MR) is 126 cm³/mol. The molecule has 0 radical (unpaired) electrons. The van der Waals surface area contributed by atoms with Crippen LogP contribution in [0, 0.1) is 6.92 Å². The van der Waals surface area contributed by atoms with Gasteiger partial charge in [0.1, 0.15) is 0 Å². The second kappa shape index (κ2) is 7.10. The van der Waals surface area contributed by atoms with Crippen molar-refractivity contribution in [2.45, 2.75) is 13.8 Å². The smallest absolute Gasteiger partial charge is 0.0547 e. The summed E-state index contributed by atoms with van der Waals surface area (Å²) in [5, 5.41) is 2.61. The van der Waals surface area contributed by atoms with E-state index in [9.17, 15) is 0 Å². The monoisotopic (exact) mass is 373 g/mol. The van der Waals surface area contributed by atoms with Gasteiger partial charge in [-0.1, -0.05) is 72.8 Å². The molecule has 0 unspecified atom stereocenters. The van der Waals surface area contributed by atoms with Crippen LogP contribution in [0.3, 0.4) is 0 Å². The Kier molecular flexibility index (Phi) is 4.29. The number of rotatable bonds is 3. The quantitative estimate of drug-likeness (QED) is 0.304. The molecule has 4 aromatic carbocycles. The molecule has 0 amide bonds. The van der Waals surface area contributed by atoms with Crippen molar-refractivity contribution in [3.05, 3.63) is 108 Å². The zero-order valence-corrected chi connectivity index (χ0v) is 16.8. The average molecular weight is 373 g/mol. The van der Waals surface area contributed by atoms with Gasteiger partial charge in [-0.3, -0.25) is 0 Å². The SMILES string of the molecule is C/C=C\c1c(C)ccc2c1c1cc(-c3ccccc3)ccc1n2-c1ccccc1. The molecule has 5 rings (SSSR count). The summed E-state index contributed by atoms with van der Waals surface area (Å²) in [6.07, 6.45) is 4.37. The van der Waals surface area contributed by atoms with Crippen molar-refractivity contribution in [1.82, 2.24) is 4.57 Å². The summed E-state index contributed by atoms with van der Waals surface area (Å²) in [7, 11) is 0. The van der Waals surface area contributed by atoms with Crippen LogP contribution in [0.25, 0.3) is 44.7 Å². The van der Waals surface area contributed by atoms with Gasteiger partial charge in [0.15, 0.2) is 0 Å². The lowest BCUT2D eigenvalue weighted by Gasteiger charge is -2.09. The third kappa shape index (κ3) is 2.87. The van der Waals surface area contributed by atoms with Gasteiger partial charge in [0.2, 0.25) is 0 Å². The minimum absolute atomic E-state index is 1.19. The molecule has 0 atom stereocenters.